The number of hydrogen-bond donors (Lipinski definition) is 2. The summed E-state index contributed by atoms with van der Waals surface area (Å²) in [7, 11) is 1.46. The van der Waals surface area contributed by atoms with Crippen molar-refractivity contribution in [3.63, 3.8) is 0 Å². The van der Waals surface area contributed by atoms with Crippen molar-refractivity contribution >= 4 is 22.6 Å². The first-order valence-electron chi connectivity index (χ1n) is 10.9. The van der Waals surface area contributed by atoms with Crippen LogP contribution < -0.4 is 20.8 Å². The molecular weight excluding hydrogens is 401 g/mol. The van der Waals surface area contributed by atoms with Gasteiger partial charge in [0.15, 0.2) is 11.6 Å². The topological polar surface area (TPSA) is 97.8 Å². The van der Waals surface area contributed by atoms with Gasteiger partial charge in [0.1, 0.15) is 11.3 Å². The van der Waals surface area contributed by atoms with Crippen molar-refractivity contribution in [3.8, 4) is 5.75 Å². The van der Waals surface area contributed by atoms with E-state index in [0.717, 1.165) is 32.1 Å². The average molecular weight is 432 g/mol. The van der Waals surface area contributed by atoms with Gasteiger partial charge in [-0.05, 0) is 43.6 Å². The van der Waals surface area contributed by atoms with Crippen LogP contribution in [0.5, 0.6) is 5.75 Å². The van der Waals surface area contributed by atoms with E-state index in [4.69, 9.17) is 10.5 Å². The summed E-state index contributed by atoms with van der Waals surface area (Å²) >= 11 is 0. The first-order chi connectivity index (χ1) is 14.7. The number of nitrogens with zero attached hydrogens (tertiary/aromatic N) is 2. The second kappa shape index (κ2) is 7.82. The summed E-state index contributed by atoms with van der Waals surface area (Å²) in [4.78, 5) is 26.4. The average Bonchev–Trinajstić information content (AvgIpc) is 3.57. The molecule has 1 saturated heterocycles. The molecule has 1 saturated carbocycles. The number of anilines is 1. The minimum absolute atomic E-state index is 0.0204. The monoisotopic (exact) mass is 431 g/mol. The Labute approximate surface area is 180 Å². The van der Waals surface area contributed by atoms with Crippen LogP contribution in [0, 0.1) is 11.2 Å². The van der Waals surface area contributed by atoms with Crippen molar-refractivity contribution in [1.29, 1.82) is 0 Å². The molecule has 0 bridgehead atoms. The summed E-state index contributed by atoms with van der Waals surface area (Å²) in [6.45, 7) is 5.40. The Morgan fingerprint density at radius 3 is 2.58 bits per heavy atom. The molecule has 168 valence electrons. The number of hydrogen-bond acceptors (Lipinski definition) is 5. The van der Waals surface area contributed by atoms with Crippen LogP contribution in [0.25, 0.3) is 10.9 Å². The van der Waals surface area contributed by atoms with Crippen molar-refractivity contribution < 1.29 is 19.0 Å². The molecular formula is C23H30FN3O4. The number of aromatic carboxylic acids is 1. The highest BCUT2D eigenvalue weighted by Gasteiger charge is 2.39. The summed E-state index contributed by atoms with van der Waals surface area (Å²) in [5.74, 6) is -1.64. The molecule has 1 atom stereocenters. The number of carboxylic acids is 1. The fraction of sp³-hybridized carbons (Fsp3) is 0.565. The number of ether oxygens (including phenoxy) is 1. The lowest BCUT2D eigenvalue weighted by atomic mass is 9.74. The molecule has 1 aromatic heterocycles. The van der Waals surface area contributed by atoms with Crippen molar-refractivity contribution in [2.24, 2.45) is 11.1 Å². The van der Waals surface area contributed by atoms with Crippen LogP contribution in [-0.4, -0.2) is 41.9 Å². The van der Waals surface area contributed by atoms with Crippen molar-refractivity contribution in [1.82, 2.24) is 4.57 Å². The smallest absolute Gasteiger partial charge is 0.341 e. The molecule has 1 aromatic carbocycles. The number of carbonyl (C=O) groups is 1. The van der Waals surface area contributed by atoms with Crippen LogP contribution in [-0.2, 0) is 0 Å². The zero-order chi connectivity index (χ0) is 22.5. The molecule has 2 aromatic rings. The molecule has 0 unspecified atom stereocenters. The summed E-state index contributed by atoms with van der Waals surface area (Å²) in [6, 6.07) is 1.14. The molecule has 8 heteroatoms. The van der Waals surface area contributed by atoms with Gasteiger partial charge in [-0.15, -0.1) is 0 Å². The van der Waals surface area contributed by atoms with Gasteiger partial charge in [-0.25, -0.2) is 9.18 Å². The molecule has 31 heavy (non-hydrogen) atoms. The number of fused-ring (bicyclic) bond motifs is 1. The molecule has 4 rings (SSSR count). The predicted octanol–water partition coefficient (Wildman–Crippen LogP) is 3.53. The van der Waals surface area contributed by atoms with Crippen LogP contribution in [0.1, 0.15) is 62.4 Å². The van der Waals surface area contributed by atoms with Crippen LogP contribution in [0.15, 0.2) is 17.1 Å². The zero-order valence-electron chi connectivity index (χ0n) is 18.3. The highest BCUT2D eigenvalue weighted by Crippen LogP contribution is 2.46. The van der Waals surface area contributed by atoms with E-state index in [2.05, 4.69) is 13.8 Å². The lowest BCUT2D eigenvalue weighted by Gasteiger charge is -2.46. The molecule has 2 heterocycles. The third-order valence-corrected chi connectivity index (χ3v) is 7.07. The Balaban J connectivity index is 1.98. The SMILES string of the molecule is CCC1(CC)C[C@H](N)CN(c2c(F)cc3c(=O)c(C(=O)O)cn(C4CC4)c3c2OC)C1. The van der Waals surface area contributed by atoms with E-state index in [0.29, 0.717) is 24.3 Å². The van der Waals surface area contributed by atoms with Crippen LogP contribution in [0.4, 0.5) is 10.1 Å². The van der Waals surface area contributed by atoms with Crippen LogP contribution in [0.3, 0.4) is 0 Å². The Hall–Kier alpha value is -2.61. The van der Waals surface area contributed by atoms with E-state index in [1.54, 1.807) is 4.57 Å². The molecule has 2 fully saturated rings. The second-order valence-electron chi connectivity index (χ2n) is 9.00. The largest absolute Gasteiger partial charge is 0.492 e. The molecule has 1 aliphatic heterocycles. The van der Waals surface area contributed by atoms with E-state index in [1.807, 2.05) is 4.90 Å². The Morgan fingerprint density at radius 2 is 2.03 bits per heavy atom. The maximum atomic E-state index is 15.5. The van der Waals surface area contributed by atoms with Gasteiger partial charge < -0.3 is 25.0 Å². The number of aromatic nitrogens is 1. The van der Waals surface area contributed by atoms with E-state index in [1.165, 1.54) is 19.4 Å². The normalized spacial score (nSPS) is 20.8. The van der Waals surface area contributed by atoms with Crippen molar-refractivity contribution in [2.45, 2.75) is 58.0 Å². The summed E-state index contributed by atoms with van der Waals surface area (Å²) in [5, 5.41) is 9.52. The number of benzene rings is 1. The lowest BCUT2D eigenvalue weighted by Crippen LogP contribution is -2.52. The van der Waals surface area contributed by atoms with Gasteiger partial charge in [0.05, 0.1) is 18.0 Å². The van der Waals surface area contributed by atoms with Gasteiger partial charge in [-0.3, -0.25) is 4.79 Å². The van der Waals surface area contributed by atoms with Gasteiger partial charge in [-0.1, -0.05) is 13.8 Å². The number of methoxy groups -OCH3 is 1. The molecule has 0 amide bonds. The quantitative estimate of drug-likeness (QED) is 0.726. The fourth-order valence-electron chi connectivity index (χ4n) is 5.09. The number of pyridine rings is 1. The first-order valence-corrected chi connectivity index (χ1v) is 10.9. The number of nitrogens with two attached hydrogens (primary N) is 1. The highest BCUT2D eigenvalue weighted by molar-refractivity contribution is 5.97. The molecule has 7 nitrogen and oxygen atoms in total. The molecule has 0 radical (unpaired) electrons. The molecule has 0 spiro atoms. The Morgan fingerprint density at radius 1 is 1.35 bits per heavy atom. The van der Waals surface area contributed by atoms with E-state index < -0.39 is 17.2 Å². The van der Waals surface area contributed by atoms with Crippen molar-refractivity contribution in [2.75, 3.05) is 25.1 Å². The number of carboxylic acid groups (broad SMARTS) is 1. The summed E-state index contributed by atoms with van der Waals surface area (Å²) in [6.07, 6.45) is 5.86. The third-order valence-electron chi connectivity index (χ3n) is 7.07. The number of piperidine rings is 1. The van der Waals surface area contributed by atoms with Gasteiger partial charge in [-0.2, -0.15) is 0 Å². The highest BCUT2D eigenvalue weighted by atomic mass is 19.1. The summed E-state index contributed by atoms with van der Waals surface area (Å²) in [5.41, 5.74) is 6.06. The summed E-state index contributed by atoms with van der Waals surface area (Å²) < 4.78 is 23.0. The van der Waals surface area contributed by atoms with E-state index in [9.17, 15) is 14.7 Å². The van der Waals surface area contributed by atoms with E-state index in [-0.39, 0.29) is 34.2 Å². The van der Waals surface area contributed by atoms with E-state index >= 15 is 4.39 Å². The number of halogens is 1. The van der Waals surface area contributed by atoms with Gasteiger partial charge in [0.25, 0.3) is 0 Å². The van der Waals surface area contributed by atoms with Gasteiger partial charge in [0.2, 0.25) is 5.43 Å². The van der Waals surface area contributed by atoms with Gasteiger partial charge >= 0.3 is 5.97 Å². The van der Waals surface area contributed by atoms with Crippen molar-refractivity contribution in [3.05, 3.63) is 33.9 Å². The lowest BCUT2D eigenvalue weighted by molar-refractivity contribution is 0.0694. The molecule has 2 aliphatic rings. The third kappa shape index (κ3) is 3.56. The first kappa shape index (κ1) is 21.6. The zero-order valence-corrected chi connectivity index (χ0v) is 18.3. The fourth-order valence-corrected chi connectivity index (χ4v) is 5.09. The Kier molecular flexibility index (Phi) is 5.45. The Bertz CT molecular complexity index is 1090. The number of rotatable bonds is 6. The van der Waals surface area contributed by atoms with Crippen LogP contribution >= 0.6 is 0 Å². The maximum absolute atomic E-state index is 15.5. The minimum atomic E-state index is -1.32. The molecule has 3 N–H and O–H groups in total. The van der Waals surface area contributed by atoms with Gasteiger partial charge in [0, 0.05) is 31.4 Å². The molecule has 1 aliphatic carbocycles. The minimum Gasteiger partial charge on any atom is -0.492 e. The second-order valence-corrected chi connectivity index (χ2v) is 9.00. The predicted molar refractivity (Wildman–Crippen MR) is 118 cm³/mol. The maximum Gasteiger partial charge on any atom is 0.341 e. The van der Waals surface area contributed by atoms with Crippen LogP contribution in [0.2, 0.25) is 0 Å². The standard InChI is InChI=1S/C23H30FN3O4/c1-4-23(5-2)9-13(25)10-26(12-23)19-17(24)8-15-18(21(19)31-3)27(14-6-7-14)11-16(20(15)28)22(29)30/h8,11,13-14H,4-7,9-10,12,25H2,1-3H3,(H,29,30)/t13-/m0/s1.